The first kappa shape index (κ1) is 22.8. The quantitative estimate of drug-likeness (QED) is 0.525. The fourth-order valence-corrected chi connectivity index (χ4v) is 8.45. The zero-order valence-corrected chi connectivity index (χ0v) is 19.7. The van der Waals surface area contributed by atoms with E-state index in [0.717, 1.165) is 38.5 Å². The number of ether oxygens (including phenoxy) is 1. The Hall–Kier alpha value is -1.98. The standard InChI is InChI=1S/C28H36O5/c1-27-15-22(30)25-19(20(27)13-14-21(27)23(31)16-29)12-11-18-9-6-10-24(28(18,25)2)33-26(32)17-7-4-3-5-8-17/h3-5,7-9,19-22,24-25,29-30H,6,10-16H2,1-2H3/t19-,20-,21+,22-,24?,25+,27-,28+/m0/s1. The lowest BCUT2D eigenvalue weighted by Gasteiger charge is -2.61. The number of aliphatic hydroxyl groups excluding tert-OH is 2. The monoisotopic (exact) mass is 452 g/mol. The highest BCUT2D eigenvalue weighted by molar-refractivity contribution is 5.89. The Bertz CT molecular complexity index is 954. The van der Waals surface area contributed by atoms with Crippen molar-refractivity contribution in [2.45, 2.75) is 71.0 Å². The maximum absolute atomic E-state index is 13.0. The van der Waals surface area contributed by atoms with E-state index in [0.29, 0.717) is 17.9 Å². The van der Waals surface area contributed by atoms with E-state index >= 15 is 0 Å². The highest BCUT2D eigenvalue weighted by Crippen LogP contribution is 2.67. The van der Waals surface area contributed by atoms with Gasteiger partial charge >= 0.3 is 5.97 Å². The Morgan fingerprint density at radius 2 is 1.85 bits per heavy atom. The molecule has 0 aliphatic heterocycles. The summed E-state index contributed by atoms with van der Waals surface area (Å²) in [5, 5.41) is 21.2. The van der Waals surface area contributed by atoms with E-state index in [2.05, 4.69) is 19.9 Å². The summed E-state index contributed by atoms with van der Waals surface area (Å²) in [6.07, 6.45) is 7.42. The van der Waals surface area contributed by atoms with Gasteiger partial charge in [0.25, 0.3) is 0 Å². The number of rotatable bonds is 4. The molecule has 1 unspecified atom stereocenters. The number of benzene rings is 1. The number of carbonyl (C=O) groups is 2. The van der Waals surface area contributed by atoms with Crippen molar-refractivity contribution in [2.75, 3.05) is 6.61 Å². The van der Waals surface area contributed by atoms with Gasteiger partial charge in [-0.05, 0) is 74.3 Å². The molecule has 0 radical (unpaired) electrons. The molecule has 0 aromatic heterocycles. The number of Topliss-reactive ketones (excluding diaryl/α,β-unsaturated/α-hetero) is 1. The molecule has 178 valence electrons. The number of fused-ring (bicyclic) bond motifs is 5. The molecule has 0 heterocycles. The zero-order valence-electron chi connectivity index (χ0n) is 19.7. The minimum Gasteiger partial charge on any atom is -0.458 e. The van der Waals surface area contributed by atoms with Crippen LogP contribution in [0.25, 0.3) is 0 Å². The largest absolute Gasteiger partial charge is 0.458 e. The third kappa shape index (κ3) is 3.42. The van der Waals surface area contributed by atoms with Crippen LogP contribution in [0.5, 0.6) is 0 Å². The molecule has 5 rings (SSSR count). The lowest BCUT2D eigenvalue weighted by Crippen LogP contribution is -2.60. The Kier molecular flexibility index (Phi) is 5.77. The van der Waals surface area contributed by atoms with Crippen LogP contribution in [-0.4, -0.2) is 40.8 Å². The number of ketones is 1. The fourth-order valence-electron chi connectivity index (χ4n) is 8.45. The van der Waals surface area contributed by atoms with Gasteiger partial charge in [-0.25, -0.2) is 4.79 Å². The molecule has 4 aliphatic carbocycles. The van der Waals surface area contributed by atoms with Gasteiger partial charge in [-0.15, -0.1) is 0 Å². The molecule has 5 nitrogen and oxygen atoms in total. The van der Waals surface area contributed by atoms with E-state index in [1.807, 2.05) is 18.2 Å². The van der Waals surface area contributed by atoms with E-state index in [1.54, 1.807) is 12.1 Å². The molecular weight excluding hydrogens is 416 g/mol. The first-order valence-electron chi connectivity index (χ1n) is 12.6. The maximum Gasteiger partial charge on any atom is 0.338 e. The minimum atomic E-state index is -0.562. The molecule has 1 aromatic carbocycles. The van der Waals surface area contributed by atoms with Crippen LogP contribution in [0.15, 0.2) is 42.0 Å². The summed E-state index contributed by atoms with van der Waals surface area (Å²) < 4.78 is 6.18. The van der Waals surface area contributed by atoms with Gasteiger partial charge in [0, 0.05) is 17.3 Å². The molecular formula is C28H36O5. The van der Waals surface area contributed by atoms with E-state index < -0.39 is 18.1 Å². The molecule has 3 fully saturated rings. The van der Waals surface area contributed by atoms with Crippen LogP contribution in [0.2, 0.25) is 0 Å². The van der Waals surface area contributed by atoms with Crippen LogP contribution >= 0.6 is 0 Å². The summed E-state index contributed by atoms with van der Waals surface area (Å²) in [6, 6.07) is 9.14. The predicted molar refractivity (Wildman–Crippen MR) is 124 cm³/mol. The highest BCUT2D eigenvalue weighted by Gasteiger charge is 2.64. The molecule has 5 heteroatoms. The number of carbonyl (C=O) groups excluding carboxylic acids is 2. The van der Waals surface area contributed by atoms with Crippen LogP contribution in [0.1, 0.15) is 69.2 Å². The summed E-state index contributed by atoms with van der Waals surface area (Å²) >= 11 is 0. The highest BCUT2D eigenvalue weighted by atomic mass is 16.5. The van der Waals surface area contributed by atoms with E-state index in [4.69, 9.17) is 4.74 Å². The molecule has 33 heavy (non-hydrogen) atoms. The molecule has 1 aromatic rings. The number of aliphatic hydroxyl groups is 2. The second-order valence-electron chi connectivity index (χ2n) is 11.2. The average Bonchev–Trinajstić information content (AvgIpc) is 3.15. The van der Waals surface area contributed by atoms with Crippen LogP contribution in [0, 0.1) is 34.5 Å². The molecule has 0 amide bonds. The number of hydrogen-bond acceptors (Lipinski definition) is 5. The number of hydrogen-bond donors (Lipinski definition) is 2. The van der Waals surface area contributed by atoms with Gasteiger partial charge in [0.15, 0.2) is 5.78 Å². The van der Waals surface area contributed by atoms with Crippen LogP contribution in [0.4, 0.5) is 0 Å². The van der Waals surface area contributed by atoms with Crippen molar-refractivity contribution < 1.29 is 24.5 Å². The minimum absolute atomic E-state index is 0.00688. The average molecular weight is 453 g/mol. The molecule has 4 aliphatic rings. The van der Waals surface area contributed by atoms with E-state index in [-0.39, 0.29) is 41.0 Å². The second-order valence-corrected chi connectivity index (χ2v) is 11.2. The number of esters is 1. The van der Waals surface area contributed by atoms with Gasteiger partial charge in [0.2, 0.25) is 0 Å². The fraction of sp³-hybridized carbons (Fsp3) is 0.643. The molecule has 3 saturated carbocycles. The predicted octanol–water partition coefficient (Wildman–Crippen LogP) is 4.32. The van der Waals surface area contributed by atoms with Gasteiger partial charge in [0.1, 0.15) is 12.7 Å². The third-order valence-electron chi connectivity index (χ3n) is 9.87. The van der Waals surface area contributed by atoms with E-state index in [1.165, 1.54) is 5.57 Å². The Balaban J connectivity index is 1.47. The molecule has 0 bridgehead atoms. The van der Waals surface area contributed by atoms with Crippen LogP contribution in [-0.2, 0) is 9.53 Å². The SMILES string of the molecule is C[C@]12C[C@H](O)[C@H]3[C@@H](CCC4=CCCC(OC(=O)c5ccccc5)[C@@]43C)[C@@H]1CC[C@@H]2C(=O)CO. The Morgan fingerprint density at radius 1 is 1.09 bits per heavy atom. The zero-order chi connectivity index (χ0) is 23.4. The third-order valence-corrected chi connectivity index (χ3v) is 9.87. The topological polar surface area (TPSA) is 83.8 Å². The normalized spacial score (nSPS) is 41.9. The summed E-state index contributed by atoms with van der Waals surface area (Å²) in [6.45, 7) is 3.94. The summed E-state index contributed by atoms with van der Waals surface area (Å²) in [4.78, 5) is 25.5. The van der Waals surface area contributed by atoms with Crippen molar-refractivity contribution in [1.29, 1.82) is 0 Å². The Morgan fingerprint density at radius 3 is 2.58 bits per heavy atom. The summed E-state index contributed by atoms with van der Waals surface area (Å²) in [5.41, 5.74) is 1.21. The molecule has 0 spiro atoms. The molecule has 0 saturated heterocycles. The Labute approximate surface area is 196 Å². The maximum atomic E-state index is 13.0. The lowest BCUT2D eigenvalue weighted by molar-refractivity contribution is -0.160. The molecule has 8 atom stereocenters. The number of allylic oxidation sites excluding steroid dienone is 1. The van der Waals surface area contributed by atoms with Gasteiger partial charge < -0.3 is 14.9 Å². The van der Waals surface area contributed by atoms with Crippen molar-refractivity contribution in [3.05, 3.63) is 47.5 Å². The van der Waals surface area contributed by atoms with Gasteiger partial charge in [-0.1, -0.05) is 43.7 Å². The van der Waals surface area contributed by atoms with Gasteiger partial charge in [-0.3, -0.25) is 4.79 Å². The van der Waals surface area contributed by atoms with E-state index in [9.17, 15) is 19.8 Å². The van der Waals surface area contributed by atoms with Gasteiger partial charge in [0.05, 0.1) is 11.7 Å². The first-order chi connectivity index (χ1) is 15.8. The first-order valence-corrected chi connectivity index (χ1v) is 12.6. The van der Waals surface area contributed by atoms with Crippen molar-refractivity contribution >= 4 is 11.8 Å². The van der Waals surface area contributed by atoms with Crippen LogP contribution < -0.4 is 0 Å². The summed E-state index contributed by atoms with van der Waals surface area (Å²) in [5.74, 6) is 0.0827. The second kappa shape index (κ2) is 8.35. The smallest absolute Gasteiger partial charge is 0.338 e. The van der Waals surface area contributed by atoms with Crippen molar-refractivity contribution in [3.8, 4) is 0 Å². The molecule has 2 N–H and O–H groups in total. The lowest BCUT2D eigenvalue weighted by atomic mass is 9.45. The van der Waals surface area contributed by atoms with Crippen molar-refractivity contribution in [3.63, 3.8) is 0 Å². The van der Waals surface area contributed by atoms with Crippen molar-refractivity contribution in [2.24, 2.45) is 34.5 Å². The van der Waals surface area contributed by atoms with Crippen molar-refractivity contribution in [1.82, 2.24) is 0 Å². The van der Waals surface area contributed by atoms with Crippen LogP contribution in [0.3, 0.4) is 0 Å². The van der Waals surface area contributed by atoms with Gasteiger partial charge in [-0.2, -0.15) is 0 Å². The summed E-state index contributed by atoms with van der Waals surface area (Å²) in [7, 11) is 0.